The van der Waals surface area contributed by atoms with Crippen molar-refractivity contribution in [2.24, 2.45) is 12.9 Å². The van der Waals surface area contributed by atoms with Crippen LogP contribution < -0.4 is 11.3 Å². The molecule has 0 amide bonds. The molecule has 1 atom stereocenters. The van der Waals surface area contributed by atoms with E-state index in [1.165, 1.54) is 10.7 Å². The number of halogens is 4. The van der Waals surface area contributed by atoms with Gasteiger partial charge in [-0.25, -0.2) is 4.39 Å². The summed E-state index contributed by atoms with van der Waals surface area (Å²) in [4.78, 5) is 0. The fourth-order valence-corrected chi connectivity index (χ4v) is 1.95. The standard InChI is InChI=1S/C12H13F4N5/c1-21-6-8(19-20-21)5-11(18-17)7-2-3-10(13)9(4-7)12(14,15)16/h2-4,6,11,18H,5,17H2,1H3. The van der Waals surface area contributed by atoms with Crippen molar-refractivity contribution in [1.29, 1.82) is 0 Å². The predicted molar refractivity (Wildman–Crippen MR) is 66.2 cm³/mol. The maximum atomic E-state index is 13.3. The second-order valence-electron chi connectivity index (χ2n) is 4.54. The number of nitrogens with one attached hydrogen (secondary N) is 1. The van der Waals surface area contributed by atoms with Crippen LogP contribution in [0.1, 0.15) is 22.9 Å². The van der Waals surface area contributed by atoms with Gasteiger partial charge < -0.3 is 0 Å². The molecule has 0 aliphatic rings. The fraction of sp³-hybridized carbons (Fsp3) is 0.333. The van der Waals surface area contributed by atoms with E-state index in [-0.39, 0.29) is 12.0 Å². The summed E-state index contributed by atoms with van der Waals surface area (Å²) < 4.78 is 52.9. The van der Waals surface area contributed by atoms with Crippen molar-refractivity contribution in [2.75, 3.05) is 0 Å². The minimum absolute atomic E-state index is 0.219. The van der Waals surface area contributed by atoms with Crippen molar-refractivity contribution >= 4 is 0 Å². The molecule has 0 radical (unpaired) electrons. The Balaban J connectivity index is 2.30. The summed E-state index contributed by atoms with van der Waals surface area (Å²) >= 11 is 0. The lowest BCUT2D eigenvalue weighted by Crippen LogP contribution is -2.30. The molecule has 1 unspecified atom stereocenters. The summed E-state index contributed by atoms with van der Waals surface area (Å²) in [5.74, 6) is 4.06. The van der Waals surface area contributed by atoms with Crippen LogP contribution in [-0.4, -0.2) is 15.0 Å². The Bertz CT molecular complexity index is 622. The highest BCUT2D eigenvalue weighted by Gasteiger charge is 2.34. The molecule has 2 aromatic rings. The van der Waals surface area contributed by atoms with E-state index in [2.05, 4.69) is 15.7 Å². The first-order chi connectivity index (χ1) is 9.81. The van der Waals surface area contributed by atoms with Gasteiger partial charge >= 0.3 is 6.18 Å². The average Bonchev–Trinajstić information content (AvgIpc) is 2.81. The van der Waals surface area contributed by atoms with Crippen LogP contribution in [0.4, 0.5) is 17.6 Å². The maximum absolute atomic E-state index is 13.3. The number of aromatic nitrogens is 3. The van der Waals surface area contributed by atoms with E-state index in [0.717, 1.165) is 12.1 Å². The van der Waals surface area contributed by atoms with E-state index >= 15 is 0 Å². The van der Waals surface area contributed by atoms with Gasteiger partial charge in [-0.05, 0) is 17.7 Å². The van der Waals surface area contributed by atoms with Crippen LogP contribution >= 0.6 is 0 Å². The van der Waals surface area contributed by atoms with E-state index in [0.29, 0.717) is 5.69 Å². The van der Waals surface area contributed by atoms with E-state index in [9.17, 15) is 17.6 Å². The number of alkyl halides is 3. The van der Waals surface area contributed by atoms with Crippen molar-refractivity contribution in [3.8, 4) is 0 Å². The van der Waals surface area contributed by atoms with Gasteiger partial charge in [-0.3, -0.25) is 16.0 Å². The zero-order valence-electron chi connectivity index (χ0n) is 11.0. The molecule has 9 heteroatoms. The normalized spacial score (nSPS) is 13.4. The van der Waals surface area contributed by atoms with Gasteiger partial charge in [0, 0.05) is 19.7 Å². The number of hydrogen-bond donors (Lipinski definition) is 2. The van der Waals surface area contributed by atoms with Gasteiger partial charge in [0.1, 0.15) is 5.82 Å². The molecule has 5 nitrogen and oxygen atoms in total. The van der Waals surface area contributed by atoms with Crippen molar-refractivity contribution in [2.45, 2.75) is 18.6 Å². The Morgan fingerprint density at radius 1 is 1.38 bits per heavy atom. The van der Waals surface area contributed by atoms with Gasteiger partial charge in [-0.1, -0.05) is 11.3 Å². The highest BCUT2D eigenvalue weighted by atomic mass is 19.4. The summed E-state index contributed by atoms with van der Waals surface area (Å²) in [5, 5.41) is 7.57. The van der Waals surface area contributed by atoms with Crippen LogP contribution in [0.5, 0.6) is 0 Å². The van der Waals surface area contributed by atoms with E-state index in [1.54, 1.807) is 13.2 Å². The molecule has 114 valence electrons. The van der Waals surface area contributed by atoms with Gasteiger partial charge in [0.15, 0.2) is 0 Å². The van der Waals surface area contributed by atoms with Crippen LogP contribution in [0.25, 0.3) is 0 Å². The third-order valence-electron chi connectivity index (χ3n) is 2.96. The van der Waals surface area contributed by atoms with Gasteiger partial charge in [-0.15, -0.1) is 5.10 Å². The van der Waals surface area contributed by atoms with Crippen molar-refractivity contribution in [3.05, 3.63) is 47.0 Å². The van der Waals surface area contributed by atoms with E-state index < -0.39 is 23.6 Å². The quantitative estimate of drug-likeness (QED) is 0.513. The Hall–Kier alpha value is -2.00. The number of hydrazine groups is 1. The minimum Gasteiger partial charge on any atom is -0.271 e. The van der Waals surface area contributed by atoms with Crippen molar-refractivity contribution in [1.82, 2.24) is 20.4 Å². The lowest BCUT2D eigenvalue weighted by Gasteiger charge is -2.17. The molecular formula is C12H13F4N5. The molecule has 2 rings (SSSR count). The molecular weight excluding hydrogens is 290 g/mol. The second kappa shape index (κ2) is 5.78. The topological polar surface area (TPSA) is 68.8 Å². The molecule has 0 bridgehead atoms. The number of rotatable bonds is 4. The van der Waals surface area contributed by atoms with Gasteiger partial charge in [0.25, 0.3) is 0 Å². The lowest BCUT2D eigenvalue weighted by atomic mass is 10.00. The largest absolute Gasteiger partial charge is 0.419 e. The van der Waals surface area contributed by atoms with Crippen LogP contribution in [0.15, 0.2) is 24.4 Å². The van der Waals surface area contributed by atoms with Crippen LogP contribution in [0.2, 0.25) is 0 Å². The molecule has 21 heavy (non-hydrogen) atoms. The molecule has 0 spiro atoms. The monoisotopic (exact) mass is 303 g/mol. The molecule has 3 N–H and O–H groups in total. The maximum Gasteiger partial charge on any atom is 0.419 e. The number of aryl methyl sites for hydroxylation is 1. The molecule has 0 aliphatic carbocycles. The third kappa shape index (κ3) is 3.56. The molecule has 0 saturated heterocycles. The molecule has 0 fully saturated rings. The second-order valence-corrected chi connectivity index (χ2v) is 4.54. The SMILES string of the molecule is Cn1cc(CC(NN)c2ccc(F)c(C(F)(F)F)c2)nn1. The van der Waals surface area contributed by atoms with Crippen LogP contribution in [0.3, 0.4) is 0 Å². The molecule has 0 saturated carbocycles. The molecule has 1 aromatic heterocycles. The number of benzene rings is 1. The minimum atomic E-state index is -4.76. The zero-order chi connectivity index (χ0) is 15.6. The highest BCUT2D eigenvalue weighted by molar-refractivity contribution is 5.30. The molecule has 0 aliphatic heterocycles. The summed E-state index contributed by atoms with van der Waals surface area (Å²) in [7, 11) is 1.67. The molecule has 1 heterocycles. The summed E-state index contributed by atoms with van der Waals surface area (Å²) in [6, 6.07) is 2.14. The summed E-state index contributed by atoms with van der Waals surface area (Å²) in [6.07, 6.45) is -2.91. The fourth-order valence-electron chi connectivity index (χ4n) is 1.95. The van der Waals surface area contributed by atoms with Gasteiger partial charge in [0.05, 0.1) is 17.3 Å². The number of nitrogens with zero attached hydrogens (tertiary/aromatic N) is 3. The Labute approximate surface area is 117 Å². The zero-order valence-corrected chi connectivity index (χ0v) is 11.0. The van der Waals surface area contributed by atoms with Crippen molar-refractivity contribution in [3.63, 3.8) is 0 Å². The summed E-state index contributed by atoms with van der Waals surface area (Å²) in [6.45, 7) is 0. The predicted octanol–water partition coefficient (Wildman–Crippen LogP) is 1.72. The lowest BCUT2D eigenvalue weighted by molar-refractivity contribution is -0.140. The van der Waals surface area contributed by atoms with Crippen LogP contribution in [0, 0.1) is 5.82 Å². The Kier molecular flexibility index (Phi) is 4.24. The highest BCUT2D eigenvalue weighted by Crippen LogP contribution is 2.33. The van der Waals surface area contributed by atoms with E-state index in [1.807, 2.05) is 0 Å². The summed E-state index contributed by atoms with van der Waals surface area (Å²) in [5.41, 5.74) is 1.86. The molecule has 1 aromatic carbocycles. The average molecular weight is 303 g/mol. The van der Waals surface area contributed by atoms with E-state index in [4.69, 9.17) is 5.84 Å². The third-order valence-corrected chi connectivity index (χ3v) is 2.96. The first kappa shape index (κ1) is 15.4. The first-order valence-corrected chi connectivity index (χ1v) is 5.99. The van der Waals surface area contributed by atoms with Gasteiger partial charge in [-0.2, -0.15) is 13.2 Å². The number of nitrogens with two attached hydrogens (primary N) is 1. The first-order valence-electron chi connectivity index (χ1n) is 5.99. The van der Waals surface area contributed by atoms with Crippen LogP contribution in [-0.2, 0) is 19.6 Å². The van der Waals surface area contributed by atoms with Crippen molar-refractivity contribution < 1.29 is 17.6 Å². The number of hydrogen-bond acceptors (Lipinski definition) is 4. The Morgan fingerprint density at radius 2 is 2.10 bits per heavy atom. The Morgan fingerprint density at radius 3 is 2.62 bits per heavy atom. The van der Waals surface area contributed by atoms with Gasteiger partial charge in [0.2, 0.25) is 0 Å². The smallest absolute Gasteiger partial charge is 0.271 e.